The molecule has 0 radical (unpaired) electrons. The Kier molecular flexibility index (Phi) is 4.91. The van der Waals surface area contributed by atoms with Crippen molar-refractivity contribution in [1.82, 2.24) is 9.38 Å². The third-order valence-corrected chi connectivity index (χ3v) is 4.84. The minimum atomic E-state index is -0.510. The molecule has 0 aliphatic rings. The highest BCUT2D eigenvalue weighted by Crippen LogP contribution is 2.32. The van der Waals surface area contributed by atoms with Crippen molar-refractivity contribution in [3.63, 3.8) is 0 Å². The van der Waals surface area contributed by atoms with E-state index in [1.807, 2.05) is 53.1 Å². The number of anilines is 1. The van der Waals surface area contributed by atoms with Crippen LogP contribution in [0, 0.1) is 6.92 Å². The summed E-state index contributed by atoms with van der Waals surface area (Å²) in [6.07, 6.45) is 5.04. The highest BCUT2D eigenvalue weighted by Gasteiger charge is 2.16. The quantitative estimate of drug-likeness (QED) is 0.485. The summed E-state index contributed by atoms with van der Waals surface area (Å²) in [5.41, 5.74) is 5.43. The number of carbonyl (C=O) groups is 1. The molecule has 0 bridgehead atoms. The summed E-state index contributed by atoms with van der Waals surface area (Å²) < 4.78 is 11.9. The highest BCUT2D eigenvalue weighted by atomic mass is 16.5. The molecule has 0 spiro atoms. The van der Waals surface area contributed by atoms with Gasteiger partial charge in [0.25, 0.3) is 0 Å². The average molecular weight is 387 g/mol. The lowest BCUT2D eigenvalue weighted by Crippen LogP contribution is -2.10. The SMILES string of the molecule is COC=Cc1c(-c2ccccc2C)nc2c3cc(NC(=O)OC)ccc3ccn12. The number of benzene rings is 2. The summed E-state index contributed by atoms with van der Waals surface area (Å²) in [6, 6.07) is 15.9. The molecule has 2 aromatic carbocycles. The van der Waals surface area contributed by atoms with E-state index in [0.717, 1.165) is 38.9 Å². The molecule has 4 rings (SSSR count). The van der Waals surface area contributed by atoms with Gasteiger partial charge in [-0.2, -0.15) is 0 Å². The van der Waals surface area contributed by atoms with Gasteiger partial charge in [0.05, 0.1) is 31.9 Å². The predicted molar refractivity (Wildman–Crippen MR) is 115 cm³/mol. The molecule has 2 heterocycles. The molecule has 0 unspecified atom stereocenters. The first-order valence-corrected chi connectivity index (χ1v) is 9.17. The van der Waals surface area contributed by atoms with E-state index >= 15 is 0 Å². The Balaban J connectivity index is 1.99. The Labute approximate surface area is 168 Å². The number of ether oxygens (including phenoxy) is 2. The Hall–Kier alpha value is -3.80. The maximum Gasteiger partial charge on any atom is 0.411 e. The number of methoxy groups -OCH3 is 2. The van der Waals surface area contributed by atoms with E-state index in [2.05, 4.69) is 24.4 Å². The van der Waals surface area contributed by atoms with Crippen molar-refractivity contribution in [3.05, 3.63) is 72.2 Å². The molecule has 0 saturated heterocycles. The second-order valence-electron chi connectivity index (χ2n) is 6.63. The van der Waals surface area contributed by atoms with Crippen molar-refractivity contribution in [1.29, 1.82) is 0 Å². The molecule has 0 aliphatic heterocycles. The number of rotatable bonds is 4. The maximum absolute atomic E-state index is 11.6. The number of nitrogens with one attached hydrogen (secondary N) is 1. The van der Waals surface area contributed by atoms with Crippen molar-refractivity contribution in [2.75, 3.05) is 19.5 Å². The molecule has 1 amide bonds. The van der Waals surface area contributed by atoms with Gasteiger partial charge >= 0.3 is 6.09 Å². The number of amides is 1. The van der Waals surface area contributed by atoms with Gasteiger partial charge in [-0.3, -0.25) is 9.72 Å². The van der Waals surface area contributed by atoms with Crippen molar-refractivity contribution >= 4 is 34.3 Å². The Morgan fingerprint density at radius 3 is 2.72 bits per heavy atom. The lowest BCUT2D eigenvalue weighted by atomic mass is 10.0. The predicted octanol–water partition coefficient (Wildman–Crippen LogP) is 5.26. The van der Waals surface area contributed by atoms with Crippen LogP contribution in [0.4, 0.5) is 10.5 Å². The van der Waals surface area contributed by atoms with Gasteiger partial charge in [-0.1, -0.05) is 30.3 Å². The third kappa shape index (κ3) is 3.40. The van der Waals surface area contributed by atoms with Gasteiger partial charge < -0.3 is 9.47 Å². The molecule has 6 heteroatoms. The third-order valence-electron chi connectivity index (χ3n) is 4.84. The van der Waals surface area contributed by atoms with Crippen LogP contribution in [0.3, 0.4) is 0 Å². The van der Waals surface area contributed by atoms with Gasteiger partial charge in [0, 0.05) is 22.8 Å². The largest absolute Gasteiger partial charge is 0.504 e. The molecule has 0 atom stereocenters. The van der Waals surface area contributed by atoms with Crippen LogP contribution < -0.4 is 5.32 Å². The normalized spacial score (nSPS) is 11.3. The summed E-state index contributed by atoms with van der Waals surface area (Å²) in [7, 11) is 2.96. The summed E-state index contributed by atoms with van der Waals surface area (Å²) in [6.45, 7) is 2.07. The van der Waals surface area contributed by atoms with Gasteiger partial charge in [0.15, 0.2) is 0 Å². The van der Waals surface area contributed by atoms with E-state index < -0.39 is 6.09 Å². The summed E-state index contributed by atoms with van der Waals surface area (Å²) >= 11 is 0. The van der Waals surface area contributed by atoms with Crippen LogP contribution in [-0.4, -0.2) is 29.7 Å². The number of aromatic nitrogens is 2. The number of nitrogens with zero attached hydrogens (tertiary/aromatic N) is 2. The zero-order valence-corrected chi connectivity index (χ0v) is 16.5. The molecule has 146 valence electrons. The smallest absolute Gasteiger partial charge is 0.411 e. The molecule has 0 fully saturated rings. The van der Waals surface area contributed by atoms with E-state index in [9.17, 15) is 4.79 Å². The standard InChI is InChI=1S/C23H21N3O3/c1-15-6-4-5-7-18(15)21-20(11-13-28-2)26-12-10-16-8-9-17(24-23(27)29-3)14-19(16)22(26)25-21/h4-14H,1-3H3,(H,24,27). The number of aryl methyl sites for hydroxylation is 1. The minimum absolute atomic E-state index is 0.510. The zero-order chi connectivity index (χ0) is 20.4. The lowest BCUT2D eigenvalue weighted by molar-refractivity contribution is 0.187. The van der Waals surface area contributed by atoms with Crippen molar-refractivity contribution in [2.45, 2.75) is 6.92 Å². The highest BCUT2D eigenvalue weighted by molar-refractivity contribution is 5.99. The fourth-order valence-corrected chi connectivity index (χ4v) is 3.41. The van der Waals surface area contributed by atoms with Crippen LogP contribution >= 0.6 is 0 Å². The second kappa shape index (κ2) is 7.67. The van der Waals surface area contributed by atoms with E-state index in [4.69, 9.17) is 14.5 Å². The molecule has 6 nitrogen and oxygen atoms in total. The van der Waals surface area contributed by atoms with Crippen LogP contribution in [0.2, 0.25) is 0 Å². The zero-order valence-electron chi connectivity index (χ0n) is 16.5. The maximum atomic E-state index is 11.6. The van der Waals surface area contributed by atoms with Crippen LogP contribution in [-0.2, 0) is 9.47 Å². The first-order chi connectivity index (χ1) is 14.1. The number of pyridine rings is 1. The summed E-state index contributed by atoms with van der Waals surface area (Å²) in [5.74, 6) is 0. The van der Waals surface area contributed by atoms with Gasteiger partial charge in [-0.15, -0.1) is 0 Å². The molecule has 29 heavy (non-hydrogen) atoms. The second-order valence-corrected chi connectivity index (χ2v) is 6.63. The lowest BCUT2D eigenvalue weighted by Gasteiger charge is -2.07. The summed E-state index contributed by atoms with van der Waals surface area (Å²) in [5, 5.41) is 4.66. The van der Waals surface area contributed by atoms with Crippen molar-refractivity contribution < 1.29 is 14.3 Å². The van der Waals surface area contributed by atoms with E-state index in [1.165, 1.54) is 7.11 Å². The van der Waals surface area contributed by atoms with Crippen LogP contribution in [0.15, 0.2) is 61.0 Å². The minimum Gasteiger partial charge on any atom is -0.504 e. The molecular weight excluding hydrogens is 366 g/mol. The van der Waals surface area contributed by atoms with Gasteiger partial charge in [0.1, 0.15) is 5.65 Å². The molecule has 1 N–H and O–H groups in total. The van der Waals surface area contributed by atoms with E-state index in [0.29, 0.717) is 5.69 Å². The topological polar surface area (TPSA) is 64.9 Å². The van der Waals surface area contributed by atoms with Crippen molar-refractivity contribution in [2.24, 2.45) is 0 Å². The number of hydrogen-bond donors (Lipinski definition) is 1. The molecule has 2 aromatic heterocycles. The van der Waals surface area contributed by atoms with E-state index in [-0.39, 0.29) is 0 Å². The average Bonchev–Trinajstić information content (AvgIpc) is 3.11. The first kappa shape index (κ1) is 18.6. The summed E-state index contributed by atoms with van der Waals surface area (Å²) in [4.78, 5) is 16.6. The Morgan fingerprint density at radius 1 is 1.14 bits per heavy atom. The Bertz CT molecular complexity index is 1240. The molecule has 4 aromatic rings. The Morgan fingerprint density at radius 2 is 1.97 bits per heavy atom. The van der Waals surface area contributed by atoms with Gasteiger partial charge in [0.2, 0.25) is 0 Å². The number of hydrogen-bond acceptors (Lipinski definition) is 4. The number of fused-ring (bicyclic) bond motifs is 3. The van der Waals surface area contributed by atoms with Crippen molar-refractivity contribution in [3.8, 4) is 11.3 Å². The fraction of sp³-hybridized carbons (Fsp3) is 0.130. The van der Waals surface area contributed by atoms with Crippen LogP contribution in [0.25, 0.3) is 33.8 Å². The fourth-order valence-electron chi connectivity index (χ4n) is 3.41. The van der Waals surface area contributed by atoms with E-state index in [1.54, 1.807) is 13.4 Å². The van der Waals surface area contributed by atoms with Gasteiger partial charge in [-0.25, -0.2) is 9.78 Å². The monoisotopic (exact) mass is 387 g/mol. The van der Waals surface area contributed by atoms with Gasteiger partial charge in [-0.05, 0) is 42.1 Å². The first-order valence-electron chi connectivity index (χ1n) is 9.17. The number of carbonyl (C=O) groups excluding carboxylic acids is 1. The molecule has 0 saturated carbocycles. The van der Waals surface area contributed by atoms with Crippen LogP contribution in [0.5, 0.6) is 0 Å². The van der Waals surface area contributed by atoms with Crippen LogP contribution in [0.1, 0.15) is 11.3 Å². The number of imidazole rings is 1. The molecule has 0 aliphatic carbocycles. The molecular formula is C23H21N3O3.